The third-order valence-corrected chi connectivity index (χ3v) is 3.61. The molecular formula is C12H15NS. The second kappa shape index (κ2) is 4.09. The largest absolute Gasteiger partial charge is 0.200 e. The lowest BCUT2D eigenvalue weighted by Gasteiger charge is -2.12. The highest BCUT2D eigenvalue weighted by Gasteiger charge is 2.07. The molecule has 1 heterocycles. The first-order valence-corrected chi connectivity index (χ1v) is 5.96. The number of hydrogen-bond acceptors (Lipinski definition) is 2. The van der Waals surface area contributed by atoms with Crippen molar-refractivity contribution in [3.05, 3.63) is 30.0 Å². The van der Waals surface area contributed by atoms with Crippen LogP contribution in [-0.2, 0) is 0 Å². The second-order valence-corrected chi connectivity index (χ2v) is 4.47. The molecule has 0 aliphatic heterocycles. The predicted octanol–water partition coefficient (Wildman–Crippen LogP) is 4.20. The van der Waals surface area contributed by atoms with Crippen molar-refractivity contribution in [1.82, 2.24) is 4.37 Å². The van der Waals surface area contributed by atoms with Gasteiger partial charge in [-0.15, -0.1) is 0 Å². The fourth-order valence-corrected chi connectivity index (χ4v) is 2.53. The molecule has 0 radical (unpaired) electrons. The van der Waals surface area contributed by atoms with E-state index in [0.29, 0.717) is 5.92 Å². The first-order chi connectivity index (χ1) is 6.85. The van der Waals surface area contributed by atoms with Crippen LogP contribution in [0.1, 0.15) is 38.2 Å². The SMILES string of the molecule is CCC(CC)c1ccc2sncc2c1. The first-order valence-electron chi connectivity index (χ1n) is 5.19. The van der Waals surface area contributed by atoms with Gasteiger partial charge in [0.05, 0.1) is 4.70 Å². The fourth-order valence-electron chi connectivity index (χ4n) is 1.90. The maximum Gasteiger partial charge on any atom is 0.0550 e. The van der Waals surface area contributed by atoms with Gasteiger partial charge in [0.2, 0.25) is 0 Å². The average Bonchev–Trinajstić information content (AvgIpc) is 2.66. The van der Waals surface area contributed by atoms with Crippen LogP contribution in [0.3, 0.4) is 0 Å². The van der Waals surface area contributed by atoms with Crippen molar-refractivity contribution < 1.29 is 0 Å². The second-order valence-electron chi connectivity index (χ2n) is 3.64. The Bertz CT molecular complexity index is 415. The van der Waals surface area contributed by atoms with E-state index in [-0.39, 0.29) is 0 Å². The van der Waals surface area contributed by atoms with Crippen LogP contribution in [0.15, 0.2) is 24.4 Å². The van der Waals surface area contributed by atoms with Gasteiger partial charge in [-0.3, -0.25) is 0 Å². The molecule has 1 aromatic heterocycles. The van der Waals surface area contributed by atoms with Gasteiger partial charge in [-0.05, 0) is 48.0 Å². The van der Waals surface area contributed by atoms with Crippen LogP contribution in [0.2, 0.25) is 0 Å². The summed E-state index contributed by atoms with van der Waals surface area (Å²) in [6.45, 7) is 4.51. The number of hydrogen-bond donors (Lipinski definition) is 0. The van der Waals surface area contributed by atoms with E-state index in [4.69, 9.17) is 0 Å². The maximum absolute atomic E-state index is 4.20. The minimum atomic E-state index is 0.708. The molecule has 0 aliphatic rings. The predicted molar refractivity (Wildman–Crippen MR) is 62.9 cm³/mol. The molecule has 1 nitrogen and oxygen atoms in total. The maximum atomic E-state index is 4.20. The van der Waals surface area contributed by atoms with Gasteiger partial charge in [0.1, 0.15) is 0 Å². The molecule has 0 saturated carbocycles. The van der Waals surface area contributed by atoms with Crippen LogP contribution in [-0.4, -0.2) is 4.37 Å². The number of aromatic nitrogens is 1. The average molecular weight is 205 g/mol. The van der Waals surface area contributed by atoms with Gasteiger partial charge in [0.15, 0.2) is 0 Å². The Morgan fingerprint density at radius 3 is 2.79 bits per heavy atom. The molecule has 2 heteroatoms. The number of nitrogens with zero attached hydrogens (tertiary/aromatic N) is 1. The van der Waals surface area contributed by atoms with Crippen LogP contribution in [0.5, 0.6) is 0 Å². The monoisotopic (exact) mass is 205 g/mol. The summed E-state index contributed by atoms with van der Waals surface area (Å²) in [6.07, 6.45) is 4.41. The Hall–Kier alpha value is -0.890. The van der Waals surface area contributed by atoms with Crippen molar-refractivity contribution >= 4 is 21.6 Å². The van der Waals surface area contributed by atoms with Crippen molar-refractivity contribution in [3.8, 4) is 0 Å². The molecular weight excluding hydrogens is 190 g/mol. The summed E-state index contributed by atoms with van der Waals surface area (Å²) in [5, 5.41) is 1.29. The lowest BCUT2D eigenvalue weighted by molar-refractivity contribution is 0.643. The Labute approximate surface area is 88.9 Å². The molecule has 1 aromatic carbocycles. The van der Waals surface area contributed by atoms with Gasteiger partial charge < -0.3 is 0 Å². The first kappa shape index (κ1) is 9.66. The van der Waals surface area contributed by atoms with Crippen molar-refractivity contribution in [2.45, 2.75) is 32.6 Å². The van der Waals surface area contributed by atoms with E-state index < -0.39 is 0 Å². The van der Waals surface area contributed by atoms with Crippen LogP contribution < -0.4 is 0 Å². The minimum Gasteiger partial charge on any atom is -0.200 e. The fraction of sp³-hybridized carbons (Fsp3) is 0.417. The summed E-state index contributed by atoms with van der Waals surface area (Å²) in [6, 6.07) is 6.73. The van der Waals surface area contributed by atoms with E-state index in [1.807, 2.05) is 6.20 Å². The standard InChI is InChI=1S/C12H15NS/c1-3-9(4-2)10-5-6-12-11(7-10)8-13-14-12/h5-9H,3-4H2,1-2H3. The number of fused-ring (bicyclic) bond motifs is 1. The third kappa shape index (κ3) is 1.67. The van der Waals surface area contributed by atoms with Gasteiger partial charge in [-0.2, -0.15) is 4.37 Å². The summed E-state index contributed by atoms with van der Waals surface area (Å²) >= 11 is 1.57. The molecule has 0 N–H and O–H groups in total. The van der Waals surface area contributed by atoms with Crippen molar-refractivity contribution in [2.24, 2.45) is 0 Å². The lowest BCUT2D eigenvalue weighted by Crippen LogP contribution is -1.94. The van der Waals surface area contributed by atoms with E-state index in [1.54, 1.807) is 11.5 Å². The van der Waals surface area contributed by atoms with E-state index in [2.05, 4.69) is 36.4 Å². The highest BCUT2D eigenvalue weighted by molar-refractivity contribution is 7.13. The van der Waals surface area contributed by atoms with Crippen LogP contribution in [0, 0.1) is 0 Å². The normalized spacial score (nSPS) is 11.4. The minimum absolute atomic E-state index is 0.708. The Morgan fingerprint density at radius 2 is 2.07 bits per heavy atom. The molecule has 0 fully saturated rings. The van der Waals surface area contributed by atoms with Crippen molar-refractivity contribution in [1.29, 1.82) is 0 Å². The quantitative estimate of drug-likeness (QED) is 0.731. The highest BCUT2D eigenvalue weighted by Crippen LogP contribution is 2.27. The van der Waals surface area contributed by atoms with Crippen molar-refractivity contribution in [2.75, 3.05) is 0 Å². The molecule has 0 saturated heterocycles. The van der Waals surface area contributed by atoms with Crippen LogP contribution in [0.4, 0.5) is 0 Å². The van der Waals surface area contributed by atoms with Gasteiger partial charge in [-0.1, -0.05) is 19.9 Å². The number of rotatable bonds is 3. The number of benzene rings is 1. The van der Waals surface area contributed by atoms with E-state index in [9.17, 15) is 0 Å². The summed E-state index contributed by atoms with van der Waals surface area (Å²) < 4.78 is 5.49. The molecule has 2 aromatic rings. The zero-order valence-corrected chi connectivity index (χ0v) is 9.47. The van der Waals surface area contributed by atoms with Gasteiger partial charge in [0, 0.05) is 11.6 Å². The molecule has 14 heavy (non-hydrogen) atoms. The molecule has 2 rings (SSSR count). The summed E-state index contributed by atoms with van der Waals surface area (Å²) in [5.74, 6) is 0.708. The molecule has 0 bridgehead atoms. The Kier molecular flexibility index (Phi) is 2.82. The molecule has 74 valence electrons. The van der Waals surface area contributed by atoms with Crippen LogP contribution in [0.25, 0.3) is 10.1 Å². The molecule has 0 atom stereocenters. The molecule has 0 spiro atoms. The van der Waals surface area contributed by atoms with Gasteiger partial charge in [0.25, 0.3) is 0 Å². The van der Waals surface area contributed by atoms with E-state index in [1.165, 1.54) is 28.5 Å². The Morgan fingerprint density at radius 1 is 1.29 bits per heavy atom. The highest BCUT2D eigenvalue weighted by atomic mass is 32.1. The zero-order chi connectivity index (χ0) is 9.97. The van der Waals surface area contributed by atoms with Gasteiger partial charge in [-0.25, -0.2) is 0 Å². The van der Waals surface area contributed by atoms with Gasteiger partial charge >= 0.3 is 0 Å². The summed E-state index contributed by atoms with van der Waals surface area (Å²) in [5.41, 5.74) is 1.46. The van der Waals surface area contributed by atoms with Crippen molar-refractivity contribution in [3.63, 3.8) is 0 Å². The Balaban J connectivity index is 2.42. The molecule has 0 unspecified atom stereocenters. The van der Waals surface area contributed by atoms with E-state index in [0.717, 1.165) is 0 Å². The molecule has 0 amide bonds. The van der Waals surface area contributed by atoms with E-state index >= 15 is 0 Å². The smallest absolute Gasteiger partial charge is 0.0550 e. The molecule has 0 aliphatic carbocycles. The zero-order valence-electron chi connectivity index (χ0n) is 8.66. The summed E-state index contributed by atoms with van der Waals surface area (Å²) in [4.78, 5) is 0. The lowest BCUT2D eigenvalue weighted by atomic mass is 9.93. The van der Waals surface area contributed by atoms with Crippen LogP contribution >= 0.6 is 11.5 Å². The topological polar surface area (TPSA) is 12.9 Å². The summed E-state index contributed by atoms with van der Waals surface area (Å²) in [7, 11) is 0. The third-order valence-electron chi connectivity index (χ3n) is 2.83.